The number of rotatable bonds is 6. The second-order valence-corrected chi connectivity index (χ2v) is 8.14. The molecule has 3 aromatic rings. The maximum absolute atomic E-state index is 11.4. The molecular weight excluding hydrogens is 396 g/mol. The van der Waals surface area contributed by atoms with Crippen molar-refractivity contribution in [3.63, 3.8) is 0 Å². The number of thiazole rings is 1. The standard InChI is InChI=1S/C24H20N2O3S/c1-16-22(19-7-3-2-4-8-19)25-21(30-16)15-14-18-12-10-17(11-13-18)6-5-9-20-23(27)26-24(28)29-20/h2-13H,14-15H2,1H3,(H,26,27,28). The van der Waals surface area contributed by atoms with Crippen LogP contribution < -0.4 is 5.32 Å². The number of benzene rings is 2. The number of nitrogens with one attached hydrogen (secondary N) is 1. The van der Waals surface area contributed by atoms with Gasteiger partial charge in [0.05, 0.1) is 10.7 Å². The number of aryl methyl sites for hydroxylation is 3. The third-order valence-electron chi connectivity index (χ3n) is 4.67. The smallest absolute Gasteiger partial charge is 0.404 e. The lowest BCUT2D eigenvalue weighted by Crippen LogP contribution is -2.18. The van der Waals surface area contributed by atoms with Crippen LogP contribution in [0.15, 0.2) is 72.5 Å². The lowest BCUT2D eigenvalue weighted by atomic mass is 10.1. The van der Waals surface area contributed by atoms with Gasteiger partial charge in [-0.1, -0.05) is 66.7 Å². The van der Waals surface area contributed by atoms with Gasteiger partial charge in [0.2, 0.25) is 0 Å². The summed E-state index contributed by atoms with van der Waals surface area (Å²) in [5, 5.41) is 3.20. The first-order chi connectivity index (χ1) is 14.6. The van der Waals surface area contributed by atoms with Crippen molar-refractivity contribution in [3.8, 4) is 11.3 Å². The molecule has 1 aliphatic rings. The molecule has 1 N–H and O–H groups in total. The van der Waals surface area contributed by atoms with E-state index in [9.17, 15) is 9.59 Å². The molecule has 0 atom stereocenters. The van der Waals surface area contributed by atoms with E-state index in [2.05, 4.69) is 36.5 Å². The van der Waals surface area contributed by atoms with Crippen LogP contribution in [0.25, 0.3) is 17.3 Å². The van der Waals surface area contributed by atoms with Crippen molar-refractivity contribution in [2.75, 3.05) is 0 Å². The molecule has 0 aliphatic carbocycles. The minimum absolute atomic E-state index is 0.00137. The van der Waals surface area contributed by atoms with Gasteiger partial charge in [-0.05, 0) is 30.5 Å². The van der Waals surface area contributed by atoms with Gasteiger partial charge in [0.1, 0.15) is 0 Å². The van der Waals surface area contributed by atoms with Gasteiger partial charge in [-0.2, -0.15) is 0 Å². The summed E-state index contributed by atoms with van der Waals surface area (Å²) < 4.78 is 4.75. The Morgan fingerprint density at radius 3 is 2.50 bits per heavy atom. The molecule has 2 aromatic carbocycles. The average molecular weight is 417 g/mol. The van der Waals surface area contributed by atoms with E-state index < -0.39 is 12.0 Å². The molecule has 1 saturated heterocycles. The molecular formula is C24H20N2O3S. The molecule has 6 heteroatoms. The number of hydrogen-bond donors (Lipinski definition) is 1. The Bertz CT molecular complexity index is 1130. The number of alkyl carbamates (subject to hydrolysis) is 1. The molecule has 150 valence electrons. The predicted molar refractivity (Wildman–Crippen MR) is 118 cm³/mol. The largest absolute Gasteiger partial charge is 0.419 e. The first kappa shape index (κ1) is 19.8. The highest BCUT2D eigenvalue weighted by Gasteiger charge is 2.25. The highest BCUT2D eigenvalue weighted by Crippen LogP contribution is 2.28. The van der Waals surface area contributed by atoms with Crippen molar-refractivity contribution in [2.24, 2.45) is 0 Å². The van der Waals surface area contributed by atoms with Crippen molar-refractivity contribution in [3.05, 3.63) is 93.5 Å². The molecule has 0 spiro atoms. The van der Waals surface area contributed by atoms with E-state index in [4.69, 9.17) is 9.72 Å². The zero-order chi connectivity index (χ0) is 20.9. The maximum atomic E-state index is 11.4. The predicted octanol–water partition coefficient (Wildman–Crippen LogP) is 5.07. The van der Waals surface area contributed by atoms with Crippen LogP contribution in [0.1, 0.15) is 21.0 Å². The van der Waals surface area contributed by atoms with Gasteiger partial charge >= 0.3 is 6.09 Å². The van der Waals surface area contributed by atoms with Crippen LogP contribution in [0, 0.1) is 6.92 Å². The summed E-state index contributed by atoms with van der Waals surface area (Å²) in [5.41, 5.74) is 4.47. The lowest BCUT2D eigenvalue weighted by molar-refractivity contribution is -0.116. The second-order valence-electron chi connectivity index (χ2n) is 6.85. The summed E-state index contributed by atoms with van der Waals surface area (Å²) in [5.74, 6) is -0.519. The minimum atomic E-state index is -0.740. The highest BCUT2D eigenvalue weighted by molar-refractivity contribution is 7.12. The molecule has 2 amide bonds. The third kappa shape index (κ3) is 4.72. The van der Waals surface area contributed by atoms with Gasteiger partial charge in [0.25, 0.3) is 5.91 Å². The van der Waals surface area contributed by atoms with Crippen LogP contribution in [-0.4, -0.2) is 17.0 Å². The highest BCUT2D eigenvalue weighted by atomic mass is 32.1. The van der Waals surface area contributed by atoms with Gasteiger partial charge in [0.15, 0.2) is 5.76 Å². The van der Waals surface area contributed by atoms with E-state index in [-0.39, 0.29) is 5.76 Å². The van der Waals surface area contributed by atoms with E-state index in [1.165, 1.54) is 16.5 Å². The van der Waals surface area contributed by atoms with Crippen molar-refractivity contribution in [1.82, 2.24) is 10.3 Å². The molecule has 5 nitrogen and oxygen atoms in total. The fourth-order valence-electron chi connectivity index (χ4n) is 3.15. The van der Waals surface area contributed by atoms with Gasteiger partial charge < -0.3 is 4.74 Å². The fraction of sp³-hybridized carbons (Fsp3) is 0.125. The Morgan fingerprint density at radius 2 is 1.80 bits per heavy atom. The van der Waals surface area contributed by atoms with Crippen molar-refractivity contribution >= 4 is 29.4 Å². The number of cyclic esters (lactones) is 1. The summed E-state index contributed by atoms with van der Waals surface area (Å²) in [7, 11) is 0. The first-order valence-electron chi connectivity index (χ1n) is 9.61. The first-order valence-corrected chi connectivity index (χ1v) is 10.4. The molecule has 30 heavy (non-hydrogen) atoms. The van der Waals surface area contributed by atoms with Crippen molar-refractivity contribution in [2.45, 2.75) is 19.8 Å². The van der Waals surface area contributed by atoms with Gasteiger partial charge in [-0.15, -0.1) is 11.3 Å². The van der Waals surface area contributed by atoms with E-state index >= 15 is 0 Å². The van der Waals surface area contributed by atoms with Crippen LogP contribution >= 0.6 is 11.3 Å². The molecule has 0 unspecified atom stereocenters. The Morgan fingerprint density at radius 1 is 1.03 bits per heavy atom. The molecule has 0 saturated carbocycles. The van der Waals surface area contributed by atoms with Crippen LogP contribution in [0.5, 0.6) is 0 Å². The molecule has 2 heterocycles. The Balaban J connectivity index is 1.35. The molecule has 1 fully saturated rings. The SMILES string of the molecule is Cc1sc(CCc2ccc(C=CC=C3OC(=O)NC3=O)cc2)nc1-c1ccccc1. The molecule has 4 rings (SSSR count). The summed E-state index contributed by atoms with van der Waals surface area (Å²) in [6.07, 6.45) is 6.10. The van der Waals surface area contributed by atoms with Crippen LogP contribution in [0.2, 0.25) is 0 Å². The minimum Gasteiger partial charge on any atom is -0.404 e. The third-order valence-corrected chi connectivity index (χ3v) is 5.70. The van der Waals surface area contributed by atoms with Crippen molar-refractivity contribution < 1.29 is 14.3 Å². The van der Waals surface area contributed by atoms with Gasteiger partial charge in [-0.25, -0.2) is 9.78 Å². The summed E-state index contributed by atoms with van der Waals surface area (Å²) in [6.45, 7) is 2.12. The number of ether oxygens (including phenoxy) is 1. The summed E-state index contributed by atoms with van der Waals surface area (Å²) in [6, 6.07) is 18.5. The van der Waals surface area contributed by atoms with E-state index in [1.807, 2.05) is 36.4 Å². The Labute approximate surface area is 178 Å². The monoisotopic (exact) mass is 416 g/mol. The number of allylic oxidation sites excluding steroid dienone is 2. The number of aromatic nitrogens is 1. The molecule has 0 radical (unpaired) electrons. The molecule has 1 aliphatic heterocycles. The summed E-state index contributed by atoms with van der Waals surface area (Å²) >= 11 is 1.76. The maximum Gasteiger partial charge on any atom is 0.419 e. The number of amides is 2. The fourth-order valence-corrected chi connectivity index (χ4v) is 4.11. The zero-order valence-electron chi connectivity index (χ0n) is 16.4. The molecule has 1 aromatic heterocycles. The number of nitrogens with zero attached hydrogens (tertiary/aromatic N) is 1. The normalized spacial score (nSPS) is 15.0. The van der Waals surface area contributed by atoms with Crippen LogP contribution in [0.3, 0.4) is 0 Å². The zero-order valence-corrected chi connectivity index (χ0v) is 17.2. The Hall–Kier alpha value is -3.51. The topological polar surface area (TPSA) is 68.3 Å². The number of imide groups is 1. The Kier molecular flexibility index (Phi) is 5.86. The van der Waals surface area contributed by atoms with Gasteiger partial charge in [0, 0.05) is 16.9 Å². The molecule has 0 bridgehead atoms. The number of carbonyl (C=O) groups excluding carboxylic acids is 2. The van der Waals surface area contributed by atoms with Crippen LogP contribution in [0.4, 0.5) is 4.79 Å². The van der Waals surface area contributed by atoms with E-state index in [0.717, 1.165) is 34.7 Å². The van der Waals surface area contributed by atoms with E-state index in [0.29, 0.717) is 0 Å². The number of hydrogen-bond acceptors (Lipinski definition) is 5. The lowest BCUT2D eigenvalue weighted by Gasteiger charge is -2.01. The average Bonchev–Trinajstić information content (AvgIpc) is 3.29. The van der Waals surface area contributed by atoms with Gasteiger partial charge in [-0.3, -0.25) is 10.1 Å². The summed E-state index contributed by atoms with van der Waals surface area (Å²) in [4.78, 5) is 28.4. The van der Waals surface area contributed by atoms with Crippen LogP contribution in [-0.2, 0) is 22.4 Å². The quantitative estimate of drug-likeness (QED) is 0.570. The van der Waals surface area contributed by atoms with E-state index in [1.54, 1.807) is 17.4 Å². The van der Waals surface area contributed by atoms with Crippen molar-refractivity contribution in [1.29, 1.82) is 0 Å². The second kappa shape index (κ2) is 8.88. The number of carbonyl (C=O) groups is 2.